The normalized spacial score (nSPS) is 10.6. The third kappa shape index (κ3) is 1.46. The average Bonchev–Trinajstić information content (AvgIpc) is 2.47. The minimum Gasteiger partial charge on any atom is -0.481 e. The number of aliphatic carboxylic acids is 1. The maximum atomic E-state index is 10.5. The Kier molecular flexibility index (Phi) is 1.96. The van der Waals surface area contributed by atoms with Gasteiger partial charge in [-0.2, -0.15) is 5.10 Å². The Hall–Kier alpha value is -1.84. The summed E-state index contributed by atoms with van der Waals surface area (Å²) in [5, 5.41) is 12.8. The minimum atomic E-state index is -0.856. The van der Waals surface area contributed by atoms with Crippen LogP contribution in [0, 0.1) is 6.92 Å². The van der Waals surface area contributed by atoms with Crippen molar-refractivity contribution in [2.75, 3.05) is 0 Å². The molecule has 0 aliphatic carbocycles. The van der Waals surface area contributed by atoms with Gasteiger partial charge in [0, 0.05) is 5.69 Å². The van der Waals surface area contributed by atoms with Crippen LogP contribution in [0.25, 0.3) is 5.52 Å². The summed E-state index contributed by atoms with van der Waals surface area (Å²) in [6, 6.07) is 7.56. The second kappa shape index (κ2) is 3.14. The molecule has 0 fully saturated rings. The van der Waals surface area contributed by atoms with Crippen LogP contribution in [-0.2, 0) is 11.2 Å². The first kappa shape index (κ1) is 8.74. The monoisotopic (exact) mass is 190 g/mol. The van der Waals surface area contributed by atoms with Gasteiger partial charge in [0.25, 0.3) is 0 Å². The Morgan fingerprint density at radius 3 is 3.00 bits per heavy atom. The first-order valence-electron chi connectivity index (χ1n) is 4.33. The van der Waals surface area contributed by atoms with Crippen molar-refractivity contribution in [2.24, 2.45) is 0 Å². The maximum Gasteiger partial charge on any atom is 0.309 e. The van der Waals surface area contributed by atoms with Crippen LogP contribution in [0.1, 0.15) is 11.4 Å². The lowest BCUT2D eigenvalue weighted by Crippen LogP contribution is -2.01. The predicted octanol–water partition coefficient (Wildman–Crippen LogP) is 1.27. The minimum absolute atomic E-state index is 0.0267. The second-order valence-electron chi connectivity index (χ2n) is 3.21. The van der Waals surface area contributed by atoms with Gasteiger partial charge in [-0.05, 0) is 25.1 Å². The molecule has 0 bridgehead atoms. The molecule has 0 saturated heterocycles. The number of carboxylic acid groups (broad SMARTS) is 1. The van der Waals surface area contributed by atoms with Crippen molar-refractivity contribution in [1.29, 1.82) is 0 Å². The van der Waals surface area contributed by atoms with Crippen LogP contribution in [-0.4, -0.2) is 20.7 Å². The van der Waals surface area contributed by atoms with Crippen molar-refractivity contribution in [1.82, 2.24) is 9.61 Å². The summed E-state index contributed by atoms with van der Waals surface area (Å²) in [4.78, 5) is 10.5. The SMILES string of the molecule is Cc1cccc2cc(CC(=O)O)nn12. The van der Waals surface area contributed by atoms with E-state index in [-0.39, 0.29) is 6.42 Å². The molecule has 4 heteroatoms. The molecule has 1 N–H and O–H groups in total. The summed E-state index contributed by atoms with van der Waals surface area (Å²) in [5.74, 6) is -0.856. The molecule has 0 radical (unpaired) electrons. The highest BCUT2D eigenvalue weighted by molar-refractivity contribution is 5.70. The lowest BCUT2D eigenvalue weighted by molar-refractivity contribution is -0.136. The zero-order valence-corrected chi connectivity index (χ0v) is 7.77. The summed E-state index contributed by atoms with van der Waals surface area (Å²) >= 11 is 0. The second-order valence-corrected chi connectivity index (χ2v) is 3.21. The van der Waals surface area contributed by atoms with Crippen molar-refractivity contribution in [3.8, 4) is 0 Å². The Bertz CT molecular complexity index is 488. The van der Waals surface area contributed by atoms with E-state index in [1.54, 1.807) is 10.6 Å². The first-order chi connectivity index (χ1) is 6.66. The van der Waals surface area contributed by atoms with E-state index in [9.17, 15) is 4.79 Å². The van der Waals surface area contributed by atoms with Crippen molar-refractivity contribution in [3.05, 3.63) is 35.7 Å². The highest BCUT2D eigenvalue weighted by atomic mass is 16.4. The van der Waals surface area contributed by atoms with Gasteiger partial charge in [0.1, 0.15) is 0 Å². The summed E-state index contributed by atoms with van der Waals surface area (Å²) in [6.07, 6.45) is -0.0267. The molecule has 0 amide bonds. The maximum absolute atomic E-state index is 10.5. The quantitative estimate of drug-likeness (QED) is 0.775. The lowest BCUT2D eigenvalue weighted by Gasteiger charge is -1.95. The molecule has 72 valence electrons. The van der Waals surface area contributed by atoms with E-state index in [2.05, 4.69) is 5.10 Å². The van der Waals surface area contributed by atoms with E-state index in [0.717, 1.165) is 11.2 Å². The van der Waals surface area contributed by atoms with Crippen molar-refractivity contribution in [3.63, 3.8) is 0 Å². The molecular weight excluding hydrogens is 180 g/mol. The molecule has 2 rings (SSSR count). The molecule has 0 aromatic carbocycles. The van der Waals surface area contributed by atoms with Gasteiger partial charge in [-0.25, -0.2) is 4.52 Å². The molecule has 14 heavy (non-hydrogen) atoms. The van der Waals surface area contributed by atoms with Crippen LogP contribution in [0.4, 0.5) is 0 Å². The van der Waals surface area contributed by atoms with Crippen LogP contribution >= 0.6 is 0 Å². The predicted molar refractivity (Wildman–Crippen MR) is 51.3 cm³/mol. The standard InChI is InChI=1S/C10H10N2O2/c1-7-3-2-4-9-5-8(6-10(13)14)11-12(7)9/h2-5H,6H2,1H3,(H,13,14). The molecule has 0 aliphatic rings. The molecule has 0 saturated carbocycles. The Morgan fingerprint density at radius 2 is 2.36 bits per heavy atom. The summed E-state index contributed by atoms with van der Waals surface area (Å²) in [5.41, 5.74) is 2.52. The third-order valence-corrected chi connectivity index (χ3v) is 2.06. The number of hydrogen-bond donors (Lipinski definition) is 1. The molecule has 0 aliphatic heterocycles. The highest BCUT2D eigenvalue weighted by Crippen LogP contribution is 2.09. The third-order valence-electron chi connectivity index (χ3n) is 2.06. The van der Waals surface area contributed by atoms with Crippen LogP contribution in [0.2, 0.25) is 0 Å². The first-order valence-corrected chi connectivity index (χ1v) is 4.33. The fourth-order valence-electron chi connectivity index (χ4n) is 1.45. The lowest BCUT2D eigenvalue weighted by atomic mass is 10.3. The van der Waals surface area contributed by atoms with Crippen LogP contribution < -0.4 is 0 Å². The Balaban J connectivity index is 2.51. The van der Waals surface area contributed by atoms with Crippen molar-refractivity contribution >= 4 is 11.5 Å². The molecular formula is C10H10N2O2. The number of hydrogen-bond acceptors (Lipinski definition) is 2. The molecule has 2 heterocycles. The van der Waals surface area contributed by atoms with Crippen molar-refractivity contribution in [2.45, 2.75) is 13.3 Å². The van der Waals surface area contributed by atoms with Crippen LogP contribution in [0.15, 0.2) is 24.3 Å². The summed E-state index contributed by atoms with van der Waals surface area (Å²) < 4.78 is 1.75. The number of rotatable bonds is 2. The van der Waals surface area contributed by atoms with Gasteiger partial charge < -0.3 is 5.11 Å². The zero-order chi connectivity index (χ0) is 10.1. The van der Waals surface area contributed by atoms with Crippen LogP contribution in [0.3, 0.4) is 0 Å². The molecule has 0 atom stereocenters. The van der Waals surface area contributed by atoms with Gasteiger partial charge >= 0.3 is 5.97 Å². The Labute approximate surface area is 80.8 Å². The molecule has 2 aromatic heterocycles. The zero-order valence-electron chi connectivity index (χ0n) is 7.77. The summed E-state index contributed by atoms with van der Waals surface area (Å²) in [7, 11) is 0. The van der Waals surface area contributed by atoms with Gasteiger partial charge in [0.15, 0.2) is 0 Å². The fraction of sp³-hybridized carbons (Fsp3) is 0.200. The van der Waals surface area contributed by atoms with Gasteiger partial charge in [-0.15, -0.1) is 0 Å². The average molecular weight is 190 g/mol. The van der Waals surface area contributed by atoms with Gasteiger partial charge in [0.2, 0.25) is 0 Å². The van der Waals surface area contributed by atoms with E-state index < -0.39 is 5.97 Å². The van der Waals surface area contributed by atoms with Gasteiger partial charge in [-0.1, -0.05) is 6.07 Å². The number of pyridine rings is 1. The van der Waals surface area contributed by atoms with E-state index >= 15 is 0 Å². The highest BCUT2D eigenvalue weighted by Gasteiger charge is 2.06. The van der Waals surface area contributed by atoms with E-state index in [1.165, 1.54) is 0 Å². The van der Waals surface area contributed by atoms with Gasteiger partial charge in [-0.3, -0.25) is 4.79 Å². The van der Waals surface area contributed by atoms with E-state index in [1.807, 2.05) is 25.1 Å². The topological polar surface area (TPSA) is 54.6 Å². The number of aryl methyl sites for hydroxylation is 1. The largest absolute Gasteiger partial charge is 0.481 e. The number of fused-ring (bicyclic) bond motifs is 1. The fourth-order valence-corrected chi connectivity index (χ4v) is 1.45. The van der Waals surface area contributed by atoms with E-state index in [0.29, 0.717) is 5.69 Å². The smallest absolute Gasteiger partial charge is 0.309 e. The number of nitrogens with zero attached hydrogens (tertiary/aromatic N) is 2. The van der Waals surface area contributed by atoms with Crippen LogP contribution in [0.5, 0.6) is 0 Å². The Morgan fingerprint density at radius 1 is 1.57 bits per heavy atom. The molecule has 0 unspecified atom stereocenters. The molecule has 2 aromatic rings. The molecule has 0 spiro atoms. The summed E-state index contributed by atoms with van der Waals surface area (Å²) in [6.45, 7) is 1.94. The number of aromatic nitrogens is 2. The number of carbonyl (C=O) groups is 1. The molecule has 4 nitrogen and oxygen atoms in total. The van der Waals surface area contributed by atoms with E-state index in [4.69, 9.17) is 5.11 Å². The number of carboxylic acids is 1. The van der Waals surface area contributed by atoms with Gasteiger partial charge in [0.05, 0.1) is 17.6 Å². The van der Waals surface area contributed by atoms with Crippen molar-refractivity contribution < 1.29 is 9.90 Å².